The smallest absolute Gasteiger partial charge is 0.335 e. The van der Waals surface area contributed by atoms with E-state index in [9.17, 15) is 28.8 Å². The van der Waals surface area contributed by atoms with Crippen molar-refractivity contribution in [3.8, 4) is 47.9 Å². The molecule has 8 rings (SSSR count). The summed E-state index contributed by atoms with van der Waals surface area (Å²) in [5.41, 5.74) is 4.80. The average molecular weight is 1010 g/mol. The van der Waals surface area contributed by atoms with E-state index >= 15 is 0 Å². The van der Waals surface area contributed by atoms with Crippen molar-refractivity contribution in [3.63, 3.8) is 0 Å². The third kappa shape index (κ3) is 20.8. The molecule has 3 aliphatic heterocycles. The molecule has 398 valence electrons. The van der Waals surface area contributed by atoms with Crippen LogP contribution in [-0.4, -0.2) is 70.1 Å². The molecule has 2 aromatic carbocycles. The van der Waals surface area contributed by atoms with Crippen molar-refractivity contribution in [2.24, 2.45) is 41.4 Å². The van der Waals surface area contributed by atoms with Gasteiger partial charge in [0.25, 0.3) is 23.6 Å². The van der Waals surface area contributed by atoms with E-state index < -0.39 is 17.8 Å². The van der Waals surface area contributed by atoms with Gasteiger partial charge in [0.2, 0.25) is 0 Å². The number of anilines is 1. The first-order valence-electron chi connectivity index (χ1n) is 26.8. The van der Waals surface area contributed by atoms with Gasteiger partial charge in [-0.2, -0.15) is 0 Å². The summed E-state index contributed by atoms with van der Waals surface area (Å²) in [6.07, 6.45) is 18.3. The van der Waals surface area contributed by atoms with Gasteiger partial charge in [0.05, 0.1) is 11.6 Å². The topological polar surface area (TPSA) is 131 Å². The molecule has 11 nitrogen and oxygen atoms in total. The van der Waals surface area contributed by atoms with Crippen molar-refractivity contribution in [2.45, 2.75) is 178 Å². The molecule has 2 fully saturated rings. The van der Waals surface area contributed by atoms with Crippen molar-refractivity contribution >= 4 is 41.1 Å². The summed E-state index contributed by atoms with van der Waals surface area (Å²) < 4.78 is 5.52. The second kappa shape index (κ2) is 32.0. The number of nitrogens with zero attached hydrogens (tertiary/aromatic N) is 3. The van der Waals surface area contributed by atoms with Gasteiger partial charge in [-0.25, -0.2) is 4.79 Å². The molecule has 74 heavy (non-hydrogen) atoms. The summed E-state index contributed by atoms with van der Waals surface area (Å²) in [5.74, 6) is 24.3. The molecule has 0 N–H and O–H groups in total. The number of amides is 4. The Kier molecular flexibility index (Phi) is 26.8. The number of carbonyl (C=O) groups is 6. The van der Waals surface area contributed by atoms with Gasteiger partial charge >= 0.3 is 5.97 Å². The molecule has 3 atom stereocenters. The van der Waals surface area contributed by atoms with Crippen LogP contribution in [0.4, 0.5) is 5.69 Å². The van der Waals surface area contributed by atoms with Crippen LogP contribution in [0.5, 0.6) is 0 Å². The number of terminal acetylenes is 1. The Hall–Kier alpha value is -6.40. The van der Waals surface area contributed by atoms with E-state index in [1.165, 1.54) is 54.0 Å². The Balaban J connectivity index is 0.000000242. The summed E-state index contributed by atoms with van der Waals surface area (Å²) >= 11 is 0. The van der Waals surface area contributed by atoms with E-state index in [0.717, 1.165) is 73.4 Å². The Morgan fingerprint density at radius 1 is 0.676 bits per heavy atom. The molecular weight excluding hydrogens is 927 g/mol. The highest BCUT2D eigenvalue weighted by Gasteiger charge is 2.49. The lowest BCUT2D eigenvalue weighted by atomic mass is 10.0. The molecule has 1 saturated heterocycles. The highest BCUT2D eigenvalue weighted by atomic mass is 16.7. The van der Waals surface area contributed by atoms with E-state index in [1.54, 1.807) is 13.8 Å². The maximum atomic E-state index is 11.4. The van der Waals surface area contributed by atoms with Gasteiger partial charge in [-0.15, -0.1) is 35.2 Å². The standard InChI is InChI=1S/C18H17N.C13H20O2.C12H18.C8H11NO4.C7H9NO2.C5H8/c1-14(2)19-13-17-9-4-3-7-15(17)11-12-16-8-5-6-10-18(16)19;1-11(2)13(14)10-15-12-8-6-4-3-5-7-9-12;1-9(2)12-10-7-5-3-4-6-8-11(10)12;1-5(2)8(12)13-9-6(10)3-4-7(9)11;1-5(2)8-6(9)3-4-7(8)10;1-4-5(2)3/h3-10,14H,13H2,1-2H3;11-12H,3-6,8,10H2,1-2H3;9-12H,5-8H2,1-2H3;5H,3-4H2,1-2H3;3-5H,1-2H3;1,5H,2-3H3. The van der Waals surface area contributed by atoms with E-state index in [4.69, 9.17) is 11.2 Å². The average Bonchev–Trinajstić information content (AvgIpc) is 3.76. The monoisotopic (exact) mass is 1010 g/mol. The molecule has 6 aliphatic rings. The third-order valence-corrected chi connectivity index (χ3v) is 13.0. The predicted molar refractivity (Wildman–Crippen MR) is 294 cm³/mol. The van der Waals surface area contributed by atoms with Crippen LogP contribution in [-0.2, 0) is 44.9 Å². The zero-order valence-electron chi connectivity index (χ0n) is 46.4. The van der Waals surface area contributed by atoms with Crippen LogP contribution in [0.15, 0.2) is 60.7 Å². The number of fused-ring (bicyclic) bond motifs is 3. The maximum absolute atomic E-state index is 11.4. The molecule has 0 aromatic heterocycles. The largest absolute Gasteiger partial charge is 0.364 e. The van der Waals surface area contributed by atoms with Crippen LogP contribution in [0.1, 0.15) is 170 Å². The number of benzene rings is 2. The van der Waals surface area contributed by atoms with E-state index in [1.807, 2.05) is 41.5 Å². The molecule has 2 aromatic rings. The summed E-state index contributed by atoms with van der Waals surface area (Å²) in [5, 5.41) is 0.558. The molecule has 11 heteroatoms. The number of carbonyl (C=O) groups excluding carboxylic acids is 6. The number of para-hydroxylation sites is 1. The minimum Gasteiger partial charge on any atom is -0.364 e. The summed E-state index contributed by atoms with van der Waals surface area (Å²) in [7, 11) is 0. The number of rotatable bonds is 9. The van der Waals surface area contributed by atoms with Crippen molar-refractivity contribution in [2.75, 3.05) is 11.5 Å². The van der Waals surface area contributed by atoms with Crippen LogP contribution >= 0.6 is 0 Å². The summed E-state index contributed by atoms with van der Waals surface area (Å²) in [6, 6.07) is 17.3. The van der Waals surface area contributed by atoms with Crippen LogP contribution in [0.3, 0.4) is 0 Å². The minimum atomic E-state index is -0.566. The first-order chi connectivity index (χ1) is 35.2. The molecule has 0 spiro atoms. The van der Waals surface area contributed by atoms with Crippen LogP contribution in [0.25, 0.3) is 0 Å². The second-order valence-corrected chi connectivity index (χ2v) is 21.0. The van der Waals surface area contributed by atoms with E-state index in [0.29, 0.717) is 17.0 Å². The van der Waals surface area contributed by atoms with Gasteiger partial charge in [0, 0.05) is 85.8 Å². The predicted octanol–water partition coefficient (Wildman–Crippen LogP) is 11.3. The Labute approximate surface area is 444 Å². The Morgan fingerprint density at radius 2 is 1.23 bits per heavy atom. The molecule has 3 aliphatic carbocycles. The van der Waals surface area contributed by atoms with Crippen molar-refractivity contribution < 1.29 is 38.3 Å². The van der Waals surface area contributed by atoms with Crippen LogP contribution in [0, 0.1) is 89.3 Å². The van der Waals surface area contributed by atoms with Gasteiger partial charge in [-0.1, -0.05) is 110 Å². The molecule has 3 unspecified atom stereocenters. The van der Waals surface area contributed by atoms with Gasteiger partial charge in [-0.05, 0) is 107 Å². The molecule has 0 bridgehead atoms. The summed E-state index contributed by atoms with van der Waals surface area (Å²) in [4.78, 5) is 74.3. The SMILES string of the molecule is C#CC(C)C.CC(C)C(=O)COC1C#CCCCCC1.CC(C)C(=O)ON1C(=O)CCC1=O.CC(C)C1C2CCC#CCCC21.CC(C)N1C(=O)C=CC1=O.CC(C)N1Cc2ccccc2C#Cc2ccccc21. The Morgan fingerprint density at radius 3 is 1.74 bits per heavy atom. The van der Waals surface area contributed by atoms with Crippen molar-refractivity contribution in [1.29, 1.82) is 0 Å². The first-order valence-corrected chi connectivity index (χ1v) is 26.8. The number of ether oxygens (including phenoxy) is 1. The van der Waals surface area contributed by atoms with Gasteiger partial charge in [0.15, 0.2) is 5.78 Å². The third-order valence-electron chi connectivity index (χ3n) is 13.0. The fourth-order valence-corrected chi connectivity index (χ4v) is 8.63. The molecule has 4 amide bonds. The highest BCUT2D eigenvalue weighted by molar-refractivity contribution is 6.13. The summed E-state index contributed by atoms with van der Waals surface area (Å²) in [6.45, 7) is 25.0. The zero-order chi connectivity index (χ0) is 54.9. The van der Waals surface area contributed by atoms with Gasteiger partial charge in [0.1, 0.15) is 12.7 Å². The fraction of sp³-hybridized carbons (Fsp3) is 0.556. The number of imide groups is 2. The van der Waals surface area contributed by atoms with E-state index in [2.05, 4.69) is 127 Å². The first kappa shape index (κ1) is 61.9. The number of hydrogen-bond donors (Lipinski definition) is 0. The lowest BCUT2D eigenvalue weighted by Gasteiger charge is -2.31. The van der Waals surface area contributed by atoms with Crippen LogP contribution < -0.4 is 4.90 Å². The molecule has 3 heterocycles. The molecule has 0 radical (unpaired) electrons. The second-order valence-electron chi connectivity index (χ2n) is 21.0. The maximum Gasteiger partial charge on any atom is 0.335 e. The minimum absolute atomic E-state index is 0.0204. The lowest BCUT2D eigenvalue weighted by Crippen LogP contribution is -2.36. The van der Waals surface area contributed by atoms with Gasteiger partial charge in [-0.3, -0.25) is 28.9 Å². The quantitative estimate of drug-likeness (QED) is 0.178. The Bertz CT molecular complexity index is 2420. The number of hydroxylamine groups is 2. The zero-order valence-corrected chi connectivity index (χ0v) is 46.4. The number of ketones is 1. The normalized spacial score (nSPS) is 19.9. The van der Waals surface area contributed by atoms with Gasteiger partial charge < -0.3 is 14.5 Å². The molecular formula is C63H83N3O8. The van der Waals surface area contributed by atoms with Crippen LogP contribution in [0.2, 0.25) is 0 Å². The highest BCUT2D eigenvalue weighted by Crippen LogP contribution is 2.56. The van der Waals surface area contributed by atoms with E-state index in [-0.39, 0.29) is 61.0 Å². The lowest BCUT2D eigenvalue weighted by molar-refractivity contribution is -0.199. The number of Topliss-reactive ketones (excluding diaryl/α,β-unsaturated/α-hetero) is 1. The molecule has 1 saturated carbocycles. The van der Waals surface area contributed by atoms with Crippen molar-refractivity contribution in [3.05, 3.63) is 77.4 Å². The number of hydrogen-bond acceptors (Lipinski definition) is 9. The van der Waals surface area contributed by atoms with Crippen molar-refractivity contribution in [1.82, 2.24) is 9.96 Å². The fourth-order valence-electron chi connectivity index (χ4n) is 8.63.